The van der Waals surface area contributed by atoms with E-state index in [1.165, 1.54) is 0 Å². The van der Waals surface area contributed by atoms with Crippen LogP contribution in [-0.4, -0.2) is 47.1 Å². The normalized spacial score (nSPS) is 14.0. The van der Waals surface area contributed by atoms with Gasteiger partial charge in [-0.05, 0) is 25.0 Å². The summed E-state index contributed by atoms with van der Waals surface area (Å²) in [5, 5.41) is 3.69. The van der Waals surface area contributed by atoms with Crippen LogP contribution in [0.2, 0.25) is 10.0 Å². The fraction of sp³-hybridized carbons (Fsp3) is 0.320. The Morgan fingerprint density at radius 3 is 2.18 bits per heavy atom. The van der Waals surface area contributed by atoms with Crippen LogP contribution in [0, 0.1) is 6.92 Å². The monoisotopic (exact) mass is 483 g/mol. The lowest BCUT2D eigenvalue weighted by atomic mass is 10.0. The maximum Gasteiger partial charge on any atom is 0.322 e. The Kier molecular flexibility index (Phi) is 7.05. The summed E-state index contributed by atoms with van der Waals surface area (Å²) in [5.74, 6) is 1.96. The number of halogens is 2. The Morgan fingerprint density at radius 1 is 0.939 bits per heavy atom. The first-order valence-electron chi connectivity index (χ1n) is 11.0. The molecule has 0 spiro atoms. The smallest absolute Gasteiger partial charge is 0.322 e. The number of nitrogens with zero attached hydrogens (tertiary/aromatic N) is 4. The number of aryl methyl sites for hydroxylation is 1. The molecule has 0 saturated carbocycles. The summed E-state index contributed by atoms with van der Waals surface area (Å²) in [6, 6.07) is 15.0. The predicted octanol–water partition coefficient (Wildman–Crippen LogP) is 6.24. The highest BCUT2D eigenvalue weighted by atomic mass is 35.5. The third-order valence-electron chi connectivity index (χ3n) is 5.79. The summed E-state index contributed by atoms with van der Waals surface area (Å²) in [7, 11) is 0. The number of hydrogen-bond donors (Lipinski definition) is 1. The van der Waals surface area contributed by atoms with E-state index in [1.54, 1.807) is 23.1 Å². The molecular weight excluding hydrogens is 457 g/mol. The average molecular weight is 484 g/mol. The van der Waals surface area contributed by atoms with Gasteiger partial charge in [0, 0.05) is 43.0 Å². The molecule has 0 bridgehead atoms. The highest BCUT2D eigenvalue weighted by Gasteiger charge is 2.26. The number of aromatic nitrogens is 2. The third-order valence-corrected chi connectivity index (χ3v) is 6.42. The van der Waals surface area contributed by atoms with Crippen molar-refractivity contribution in [1.82, 2.24) is 14.9 Å². The second-order valence-electron chi connectivity index (χ2n) is 8.39. The van der Waals surface area contributed by atoms with Gasteiger partial charge in [0.2, 0.25) is 0 Å². The summed E-state index contributed by atoms with van der Waals surface area (Å²) in [6.45, 7) is 8.85. The summed E-state index contributed by atoms with van der Waals surface area (Å²) in [4.78, 5) is 26.6. The lowest BCUT2D eigenvalue weighted by Gasteiger charge is -2.37. The average Bonchev–Trinajstić information content (AvgIpc) is 2.81. The Balaban J connectivity index is 1.53. The van der Waals surface area contributed by atoms with Gasteiger partial charge >= 0.3 is 6.03 Å². The number of rotatable bonds is 4. The van der Waals surface area contributed by atoms with Crippen LogP contribution in [0.3, 0.4) is 0 Å². The zero-order valence-electron chi connectivity index (χ0n) is 19.0. The van der Waals surface area contributed by atoms with Gasteiger partial charge < -0.3 is 15.1 Å². The fourth-order valence-electron chi connectivity index (χ4n) is 4.12. The van der Waals surface area contributed by atoms with E-state index in [2.05, 4.69) is 24.1 Å². The Bertz CT molecular complexity index is 1120. The lowest BCUT2D eigenvalue weighted by molar-refractivity contribution is 0.208. The fourth-order valence-corrected chi connectivity index (χ4v) is 4.62. The topological polar surface area (TPSA) is 61.4 Å². The number of benzene rings is 2. The number of para-hydroxylation sites is 1. The van der Waals surface area contributed by atoms with Crippen LogP contribution in [0.25, 0.3) is 11.4 Å². The lowest BCUT2D eigenvalue weighted by Crippen LogP contribution is -2.50. The molecule has 2 amide bonds. The van der Waals surface area contributed by atoms with Gasteiger partial charge in [-0.15, -0.1) is 0 Å². The standard InChI is InChI=1S/C25H27Cl2N5O/c1-16(2)21-17(3)28-23(18-8-5-4-6-9-18)30-24(21)31-12-14-32(15-13-31)25(33)29-22-19(26)10-7-11-20(22)27/h4-11,16H,12-15H2,1-3H3,(H,29,33). The minimum Gasteiger partial charge on any atom is -0.353 e. The third kappa shape index (κ3) is 5.07. The second-order valence-corrected chi connectivity index (χ2v) is 9.21. The molecule has 1 N–H and O–H groups in total. The number of hydrogen-bond acceptors (Lipinski definition) is 4. The second kappa shape index (κ2) is 9.98. The van der Waals surface area contributed by atoms with Gasteiger partial charge in [-0.2, -0.15) is 0 Å². The van der Waals surface area contributed by atoms with Gasteiger partial charge in [-0.25, -0.2) is 14.8 Å². The molecule has 2 heterocycles. The van der Waals surface area contributed by atoms with Crippen molar-refractivity contribution in [1.29, 1.82) is 0 Å². The van der Waals surface area contributed by atoms with E-state index >= 15 is 0 Å². The maximum absolute atomic E-state index is 12.8. The number of urea groups is 1. The Hall–Kier alpha value is -2.83. The first-order valence-corrected chi connectivity index (χ1v) is 11.8. The highest BCUT2D eigenvalue weighted by Crippen LogP contribution is 2.32. The molecule has 8 heteroatoms. The number of piperazine rings is 1. The molecule has 0 aliphatic carbocycles. The van der Waals surface area contributed by atoms with Crippen molar-refractivity contribution in [3.8, 4) is 11.4 Å². The molecule has 0 radical (unpaired) electrons. The van der Waals surface area contributed by atoms with Crippen molar-refractivity contribution in [2.75, 3.05) is 36.4 Å². The molecule has 1 saturated heterocycles. The predicted molar refractivity (Wildman–Crippen MR) is 136 cm³/mol. The van der Waals surface area contributed by atoms with Crippen LogP contribution in [0.1, 0.15) is 31.0 Å². The van der Waals surface area contributed by atoms with Gasteiger partial charge in [0.05, 0.1) is 15.7 Å². The van der Waals surface area contributed by atoms with Crippen molar-refractivity contribution in [3.63, 3.8) is 0 Å². The van der Waals surface area contributed by atoms with Crippen LogP contribution >= 0.6 is 23.2 Å². The van der Waals surface area contributed by atoms with E-state index in [1.807, 2.05) is 37.3 Å². The van der Waals surface area contributed by atoms with E-state index in [-0.39, 0.29) is 11.9 Å². The molecule has 2 aromatic carbocycles. The molecule has 1 aliphatic rings. The molecule has 1 fully saturated rings. The number of nitrogens with one attached hydrogen (secondary N) is 1. The SMILES string of the molecule is Cc1nc(-c2ccccc2)nc(N2CCN(C(=O)Nc3c(Cl)cccc3Cl)CC2)c1C(C)C. The highest BCUT2D eigenvalue weighted by molar-refractivity contribution is 6.39. The van der Waals surface area contributed by atoms with Crippen molar-refractivity contribution in [2.45, 2.75) is 26.7 Å². The van der Waals surface area contributed by atoms with Crippen molar-refractivity contribution in [2.24, 2.45) is 0 Å². The van der Waals surface area contributed by atoms with Crippen LogP contribution < -0.4 is 10.2 Å². The summed E-state index contributed by atoms with van der Waals surface area (Å²) in [6.07, 6.45) is 0. The molecule has 33 heavy (non-hydrogen) atoms. The van der Waals surface area contributed by atoms with Gasteiger partial charge in [-0.1, -0.05) is 73.4 Å². The van der Waals surface area contributed by atoms with E-state index in [4.69, 9.17) is 33.2 Å². The van der Waals surface area contributed by atoms with Gasteiger partial charge in [0.25, 0.3) is 0 Å². The van der Waals surface area contributed by atoms with E-state index in [9.17, 15) is 4.79 Å². The zero-order chi connectivity index (χ0) is 23.5. The van der Waals surface area contributed by atoms with E-state index in [0.717, 1.165) is 28.5 Å². The number of amides is 2. The Morgan fingerprint density at radius 2 is 1.58 bits per heavy atom. The van der Waals surface area contributed by atoms with Crippen molar-refractivity contribution >= 4 is 40.7 Å². The molecule has 4 rings (SSSR count). The molecule has 172 valence electrons. The Labute approximate surface area is 204 Å². The number of anilines is 2. The summed E-state index contributed by atoms with van der Waals surface area (Å²) >= 11 is 12.4. The van der Waals surface area contributed by atoms with Gasteiger partial charge in [-0.3, -0.25) is 0 Å². The van der Waals surface area contributed by atoms with Crippen molar-refractivity contribution in [3.05, 3.63) is 69.8 Å². The molecule has 1 aliphatic heterocycles. The molecule has 0 atom stereocenters. The van der Waals surface area contributed by atoms with E-state index < -0.39 is 0 Å². The number of carbonyl (C=O) groups excluding carboxylic acids is 1. The summed E-state index contributed by atoms with van der Waals surface area (Å²) in [5.41, 5.74) is 3.57. The molecule has 1 aromatic heterocycles. The molecule has 6 nitrogen and oxygen atoms in total. The zero-order valence-corrected chi connectivity index (χ0v) is 20.5. The van der Waals surface area contributed by atoms with Crippen LogP contribution in [-0.2, 0) is 0 Å². The van der Waals surface area contributed by atoms with Crippen LogP contribution in [0.5, 0.6) is 0 Å². The molecular formula is C25H27Cl2N5O. The largest absolute Gasteiger partial charge is 0.353 e. The first kappa shape index (κ1) is 23.3. The van der Waals surface area contributed by atoms with Crippen LogP contribution in [0.4, 0.5) is 16.3 Å². The first-order chi connectivity index (χ1) is 15.8. The molecule has 0 unspecified atom stereocenters. The minimum absolute atomic E-state index is 0.211. The van der Waals surface area contributed by atoms with Crippen molar-refractivity contribution < 1.29 is 4.79 Å². The van der Waals surface area contributed by atoms with Crippen LogP contribution in [0.15, 0.2) is 48.5 Å². The minimum atomic E-state index is -0.211. The quantitative estimate of drug-likeness (QED) is 0.477. The molecule has 3 aromatic rings. The van der Waals surface area contributed by atoms with Gasteiger partial charge in [0.15, 0.2) is 5.82 Å². The number of carbonyl (C=O) groups is 1. The van der Waals surface area contributed by atoms with E-state index in [0.29, 0.717) is 41.9 Å². The van der Waals surface area contributed by atoms with Gasteiger partial charge in [0.1, 0.15) is 5.82 Å². The summed E-state index contributed by atoms with van der Waals surface area (Å²) < 4.78 is 0. The maximum atomic E-state index is 12.8.